The van der Waals surface area contributed by atoms with E-state index in [0.717, 1.165) is 15.6 Å². The van der Waals surface area contributed by atoms with Crippen molar-refractivity contribution in [2.45, 2.75) is 4.21 Å². The molecule has 0 saturated carbocycles. The number of nitrogens with zero attached hydrogens (tertiary/aromatic N) is 1. The average Bonchev–Trinajstić information content (AvgIpc) is 2.65. The van der Waals surface area contributed by atoms with Crippen molar-refractivity contribution in [3.63, 3.8) is 0 Å². The van der Waals surface area contributed by atoms with Crippen LogP contribution in [0.5, 0.6) is 0 Å². The fraction of sp³-hybridized carbons (Fsp3) is 0.500. The van der Waals surface area contributed by atoms with Gasteiger partial charge in [-0.25, -0.2) is 8.42 Å². The minimum atomic E-state index is -3.63. The minimum Gasteiger partial charge on any atom is -0.395 e. The summed E-state index contributed by atoms with van der Waals surface area (Å²) in [6.45, 7) is -0.592. The number of sulfonamides is 1. The molecule has 0 aliphatic rings. The molecule has 2 N–H and O–H groups in total. The maximum Gasteiger partial charge on any atom is 0.253 e. The average molecular weight is 330 g/mol. The molecule has 0 amide bonds. The standard InChI is InChI=1S/C8H12BrNO4S2/c9-7-1-6-15-8(7)16(13,14)10(2-4-11)3-5-12/h1,6,11-12H,2-5H2. The zero-order valence-corrected chi connectivity index (χ0v) is 11.6. The lowest BCUT2D eigenvalue weighted by atomic mass is 10.6. The molecule has 1 heterocycles. The predicted octanol–water partition coefficient (Wildman–Crippen LogP) is 0.486. The highest BCUT2D eigenvalue weighted by Crippen LogP contribution is 2.29. The summed E-state index contributed by atoms with van der Waals surface area (Å²) in [4.78, 5) is 0. The quantitative estimate of drug-likeness (QED) is 0.796. The molecule has 0 atom stereocenters. The lowest BCUT2D eigenvalue weighted by Crippen LogP contribution is -2.35. The highest BCUT2D eigenvalue weighted by molar-refractivity contribution is 9.10. The third-order valence-corrected chi connectivity index (χ3v) is 6.40. The Balaban J connectivity index is 3.03. The Bertz CT molecular complexity index is 425. The zero-order chi connectivity index (χ0) is 12.2. The van der Waals surface area contributed by atoms with Crippen molar-refractivity contribution in [1.82, 2.24) is 4.31 Å². The van der Waals surface area contributed by atoms with Crippen LogP contribution in [0.15, 0.2) is 20.1 Å². The van der Waals surface area contributed by atoms with Crippen LogP contribution < -0.4 is 0 Å². The van der Waals surface area contributed by atoms with Gasteiger partial charge in [-0.2, -0.15) is 4.31 Å². The first-order valence-electron chi connectivity index (χ1n) is 4.49. The van der Waals surface area contributed by atoms with Crippen molar-refractivity contribution in [3.05, 3.63) is 15.9 Å². The molecule has 0 saturated heterocycles. The van der Waals surface area contributed by atoms with Crippen LogP contribution >= 0.6 is 27.3 Å². The maximum absolute atomic E-state index is 12.1. The topological polar surface area (TPSA) is 77.8 Å². The van der Waals surface area contributed by atoms with Crippen molar-refractivity contribution in [3.8, 4) is 0 Å². The van der Waals surface area contributed by atoms with Crippen LogP contribution in [0.3, 0.4) is 0 Å². The Morgan fingerprint density at radius 1 is 1.31 bits per heavy atom. The predicted molar refractivity (Wildman–Crippen MR) is 64.9 cm³/mol. The molecule has 1 aromatic rings. The van der Waals surface area contributed by atoms with Gasteiger partial charge in [-0.3, -0.25) is 0 Å². The Labute approximate surface area is 107 Å². The minimum absolute atomic E-state index is 0.0206. The number of rotatable bonds is 6. The molecule has 0 fully saturated rings. The van der Waals surface area contributed by atoms with Crippen LogP contribution in [-0.4, -0.2) is 49.2 Å². The molecule has 0 spiro atoms. The van der Waals surface area contributed by atoms with Gasteiger partial charge in [-0.15, -0.1) is 11.3 Å². The van der Waals surface area contributed by atoms with Crippen molar-refractivity contribution < 1.29 is 18.6 Å². The first-order valence-corrected chi connectivity index (χ1v) is 7.60. The Morgan fingerprint density at radius 2 is 1.88 bits per heavy atom. The summed E-state index contributed by atoms with van der Waals surface area (Å²) in [5.41, 5.74) is 0. The summed E-state index contributed by atoms with van der Waals surface area (Å²) in [7, 11) is -3.63. The zero-order valence-electron chi connectivity index (χ0n) is 8.34. The molecule has 0 aliphatic carbocycles. The fourth-order valence-corrected chi connectivity index (χ4v) is 5.03. The van der Waals surface area contributed by atoms with Gasteiger partial charge in [0.1, 0.15) is 4.21 Å². The second-order valence-corrected chi connectivity index (χ2v) is 6.81. The molecule has 92 valence electrons. The van der Waals surface area contributed by atoms with Crippen LogP contribution in [0, 0.1) is 0 Å². The summed E-state index contributed by atoms with van der Waals surface area (Å²) in [6, 6.07) is 1.65. The second-order valence-electron chi connectivity index (χ2n) is 2.91. The number of aliphatic hydroxyl groups is 2. The van der Waals surface area contributed by atoms with Gasteiger partial charge in [0.15, 0.2) is 0 Å². The van der Waals surface area contributed by atoms with E-state index in [9.17, 15) is 8.42 Å². The molecular weight excluding hydrogens is 318 g/mol. The molecule has 1 rings (SSSR count). The van der Waals surface area contributed by atoms with Gasteiger partial charge in [0.25, 0.3) is 10.0 Å². The Morgan fingerprint density at radius 3 is 2.25 bits per heavy atom. The van der Waals surface area contributed by atoms with E-state index in [0.29, 0.717) is 4.47 Å². The molecule has 0 unspecified atom stereocenters. The maximum atomic E-state index is 12.1. The first kappa shape index (κ1) is 14.1. The first-order chi connectivity index (χ1) is 7.54. The summed E-state index contributed by atoms with van der Waals surface area (Å²) < 4.78 is 25.9. The van der Waals surface area contributed by atoms with Gasteiger partial charge in [0, 0.05) is 17.6 Å². The summed E-state index contributed by atoms with van der Waals surface area (Å²) >= 11 is 4.25. The molecule has 16 heavy (non-hydrogen) atoms. The smallest absolute Gasteiger partial charge is 0.253 e. The van der Waals surface area contributed by atoms with E-state index in [1.165, 1.54) is 0 Å². The van der Waals surface area contributed by atoms with Crippen LogP contribution in [0.1, 0.15) is 0 Å². The molecule has 0 aliphatic heterocycles. The van der Waals surface area contributed by atoms with E-state index in [2.05, 4.69) is 15.9 Å². The number of hydrogen-bond donors (Lipinski definition) is 2. The Kier molecular flexibility index (Phi) is 5.35. The van der Waals surface area contributed by atoms with Crippen molar-refractivity contribution in [2.75, 3.05) is 26.3 Å². The molecule has 0 bridgehead atoms. The van der Waals surface area contributed by atoms with Crippen LogP contribution in [0.4, 0.5) is 0 Å². The highest BCUT2D eigenvalue weighted by Gasteiger charge is 2.26. The monoisotopic (exact) mass is 329 g/mol. The van der Waals surface area contributed by atoms with Gasteiger partial charge < -0.3 is 10.2 Å². The molecule has 8 heteroatoms. The largest absolute Gasteiger partial charge is 0.395 e. The fourth-order valence-electron chi connectivity index (χ4n) is 1.16. The number of thiophene rings is 1. The molecule has 0 radical (unpaired) electrons. The van der Waals surface area contributed by atoms with E-state index < -0.39 is 10.0 Å². The van der Waals surface area contributed by atoms with Gasteiger partial charge in [0.2, 0.25) is 0 Å². The second kappa shape index (κ2) is 6.08. The molecule has 5 nitrogen and oxygen atoms in total. The SMILES string of the molecule is O=S(=O)(c1sccc1Br)N(CCO)CCO. The van der Waals surface area contributed by atoms with E-state index in [1.807, 2.05) is 0 Å². The van der Waals surface area contributed by atoms with E-state index in [4.69, 9.17) is 10.2 Å². The number of aliphatic hydroxyl groups excluding tert-OH is 2. The van der Waals surface area contributed by atoms with Gasteiger partial charge in [-0.05, 0) is 27.4 Å². The van der Waals surface area contributed by atoms with E-state index in [1.54, 1.807) is 11.4 Å². The van der Waals surface area contributed by atoms with Crippen LogP contribution in [-0.2, 0) is 10.0 Å². The summed E-state index contributed by atoms with van der Waals surface area (Å²) in [6.07, 6.45) is 0. The molecule has 1 aromatic heterocycles. The number of hydrogen-bond acceptors (Lipinski definition) is 5. The van der Waals surface area contributed by atoms with Gasteiger partial charge >= 0.3 is 0 Å². The molecular formula is C8H12BrNO4S2. The van der Waals surface area contributed by atoms with Crippen molar-refractivity contribution in [2.24, 2.45) is 0 Å². The summed E-state index contributed by atoms with van der Waals surface area (Å²) in [5.74, 6) is 0. The van der Waals surface area contributed by atoms with Gasteiger partial charge in [0.05, 0.1) is 13.2 Å². The summed E-state index contributed by atoms with van der Waals surface area (Å²) in [5, 5.41) is 19.3. The molecule has 0 aromatic carbocycles. The van der Waals surface area contributed by atoms with E-state index >= 15 is 0 Å². The third kappa shape index (κ3) is 3.02. The lowest BCUT2D eigenvalue weighted by Gasteiger charge is -2.19. The van der Waals surface area contributed by atoms with Crippen molar-refractivity contribution >= 4 is 37.3 Å². The third-order valence-electron chi connectivity index (χ3n) is 1.86. The van der Waals surface area contributed by atoms with Gasteiger partial charge in [-0.1, -0.05) is 0 Å². The number of halogens is 1. The van der Waals surface area contributed by atoms with Crippen LogP contribution in [0.25, 0.3) is 0 Å². The van der Waals surface area contributed by atoms with Crippen molar-refractivity contribution in [1.29, 1.82) is 0 Å². The van der Waals surface area contributed by atoms with Crippen LogP contribution in [0.2, 0.25) is 0 Å². The lowest BCUT2D eigenvalue weighted by molar-refractivity contribution is 0.217. The highest BCUT2D eigenvalue weighted by atomic mass is 79.9. The van der Waals surface area contributed by atoms with E-state index in [-0.39, 0.29) is 30.5 Å². The Hall–Kier alpha value is 0.01000. The normalized spacial score (nSPS) is 12.2.